The Morgan fingerprint density at radius 2 is 1.75 bits per heavy atom. The third-order valence-corrected chi connectivity index (χ3v) is 0.846. The zero-order valence-corrected chi connectivity index (χ0v) is 4.76. The van der Waals surface area contributed by atoms with Gasteiger partial charge in [-0.15, -0.1) is 0 Å². The fourth-order valence-corrected chi connectivity index (χ4v) is 0.516. The van der Waals surface area contributed by atoms with Gasteiger partial charge in [0, 0.05) is 13.1 Å². The SMILES string of the molecule is C1COCCN1.NO. The van der Waals surface area contributed by atoms with Crippen molar-refractivity contribution in [3.8, 4) is 0 Å². The summed E-state index contributed by atoms with van der Waals surface area (Å²) in [5.74, 6) is 3.50. The van der Waals surface area contributed by atoms with Gasteiger partial charge in [0.15, 0.2) is 0 Å². The lowest BCUT2D eigenvalue weighted by atomic mass is 10.5. The first kappa shape index (κ1) is 7.84. The highest BCUT2D eigenvalue weighted by Crippen LogP contribution is 1.76. The summed E-state index contributed by atoms with van der Waals surface area (Å²) in [6, 6.07) is 0. The summed E-state index contributed by atoms with van der Waals surface area (Å²) in [6.45, 7) is 3.83. The van der Waals surface area contributed by atoms with Gasteiger partial charge >= 0.3 is 0 Å². The molecule has 50 valence electrons. The molecule has 1 rings (SSSR count). The second kappa shape index (κ2) is 6.84. The molecular weight excluding hydrogens is 108 g/mol. The minimum Gasteiger partial charge on any atom is -0.379 e. The van der Waals surface area contributed by atoms with Crippen LogP contribution in [0.1, 0.15) is 0 Å². The molecule has 0 amide bonds. The number of rotatable bonds is 0. The van der Waals surface area contributed by atoms with Crippen LogP contribution in [0.5, 0.6) is 0 Å². The Labute approximate surface area is 48.6 Å². The van der Waals surface area contributed by atoms with Crippen LogP contribution in [0.4, 0.5) is 0 Å². The lowest BCUT2D eigenvalue weighted by molar-refractivity contribution is 0.109. The molecule has 0 aromatic heterocycles. The van der Waals surface area contributed by atoms with Gasteiger partial charge in [0.2, 0.25) is 0 Å². The van der Waals surface area contributed by atoms with Crippen LogP contribution in [-0.2, 0) is 4.74 Å². The molecule has 0 aliphatic carbocycles. The minimum atomic E-state index is 0.889. The van der Waals surface area contributed by atoms with Crippen LogP contribution in [0.2, 0.25) is 0 Å². The van der Waals surface area contributed by atoms with E-state index in [4.69, 9.17) is 9.94 Å². The average molecular weight is 120 g/mol. The van der Waals surface area contributed by atoms with Crippen LogP contribution in [0, 0.1) is 0 Å². The van der Waals surface area contributed by atoms with Gasteiger partial charge in [-0.25, -0.2) is 5.90 Å². The number of hydrogen-bond acceptors (Lipinski definition) is 4. The molecular formula is C4H12N2O2. The largest absolute Gasteiger partial charge is 0.379 e. The molecule has 4 heteroatoms. The third kappa shape index (κ3) is 4.01. The van der Waals surface area contributed by atoms with E-state index in [1.807, 2.05) is 0 Å². The van der Waals surface area contributed by atoms with Crippen molar-refractivity contribution in [3.63, 3.8) is 0 Å². The Morgan fingerprint density at radius 1 is 1.25 bits per heavy atom. The molecule has 1 saturated heterocycles. The zero-order valence-electron chi connectivity index (χ0n) is 4.76. The van der Waals surface area contributed by atoms with Gasteiger partial charge in [0.1, 0.15) is 0 Å². The number of hydrogen-bond donors (Lipinski definition) is 3. The molecule has 0 bridgehead atoms. The highest BCUT2D eigenvalue weighted by atomic mass is 16.5. The first-order valence-electron chi connectivity index (χ1n) is 2.54. The summed E-state index contributed by atoms with van der Waals surface area (Å²) in [6.07, 6.45) is 0. The summed E-state index contributed by atoms with van der Waals surface area (Å²) in [7, 11) is 0. The molecule has 1 aliphatic rings. The van der Waals surface area contributed by atoms with Gasteiger partial charge < -0.3 is 15.3 Å². The van der Waals surface area contributed by atoms with E-state index in [9.17, 15) is 0 Å². The quantitative estimate of drug-likeness (QED) is 0.356. The molecule has 8 heavy (non-hydrogen) atoms. The summed E-state index contributed by atoms with van der Waals surface area (Å²) < 4.78 is 5.01. The van der Waals surface area contributed by atoms with E-state index in [1.165, 1.54) is 0 Å². The van der Waals surface area contributed by atoms with Crippen molar-refractivity contribution in [1.82, 2.24) is 5.32 Å². The number of nitrogens with two attached hydrogens (primary N) is 1. The van der Waals surface area contributed by atoms with E-state index in [0.717, 1.165) is 26.3 Å². The number of ether oxygens (including phenoxy) is 1. The number of morpholine rings is 1. The predicted molar refractivity (Wildman–Crippen MR) is 29.7 cm³/mol. The molecule has 0 aromatic carbocycles. The second-order valence-electron chi connectivity index (χ2n) is 1.36. The normalized spacial score (nSPS) is 18.8. The van der Waals surface area contributed by atoms with Gasteiger partial charge in [-0.2, -0.15) is 0 Å². The monoisotopic (exact) mass is 120 g/mol. The van der Waals surface area contributed by atoms with E-state index in [-0.39, 0.29) is 0 Å². The van der Waals surface area contributed by atoms with Crippen molar-refractivity contribution in [2.75, 3.05) is 26.3 Å². The van der Waals surface area contributed by atoms with Crippen molar-refractivity contribution in [1.29, 1.82) is 0 Å². The van der Waals surface area contributed by atoms with Gasteiger partial charge in [-0.1, -0.05) is 0 Å². The van der Waals surface area contributed by atoms with E-state index >= 15 is 0 Å². The minimum absolute atomic E-state index is 0.889. The Hall–Kier alpha value is -0.160. The zero-order chi connectivity index (χ0) is 6.24. The fraction of sp³-hybridized carbons (Fsp3) is 1.00. The average Bonchev–Trinajstić information content (AvgIpc) is 1.96. The topological polar surface area (TPSA) is 67.5 Å². The molecule has 0 radical (unpaired) electrons. The van der Waals surface area contributed by atoms with Gasteiger partial charge in [-0.05, 0) is 0 Å². The van der Waals surface area contributed by atoms with Crippen LogP contribution in [-0.4, -0.2) is 31.5 Å². The number of nitrogens with one attached hydrogen (secondary N) is 1. The lowest BCUT2D eigenvalue weighted by Crippen LogP contribution is -2.30. The van der Waals surface area contributed by atoms with Crippen molar-refractivity contribution >= 4 is 0 Å². The molecule has 1 fully saturated rings. The maximum atomic E-state index is 6.50. The third-order valence-electron chi connectivity index (χ3n) is 0.846. The Balaban J connectivity index is 0.000000222. The van der Waals surface area contributed by atoms with E-state index in [0.29, 0.717) is 0 Å². The van der Waals surface area contributed by atoms with Crippen molar-refractivity contribution in [2.24, 2.45) is 5.90 Å². The molecule has 0 aromatic rings. The van der Waals surface area contributed by atoms with Crippen molar-refractivity contribution in [3.05, 3.63) is 0 Å². The van der Waals surface area contributed by atoms with Crippen LogP contribution in [0.25, 0.3) is 0 Å². The maximum absolute atomic E-state index is 6.50. The molecule has 0 unspecified atom stereocenters. The summed E-state index contributed by atoms with van der Waals surface area (Å²) in [5, 5.41) is 9.66. The summed E-state index contributed by atoms with van der Waals surface area (Å²) in [5.41, 5.74) is 0. The highest BCUT2D eigenvalue weighted by molar-refractivity contribution is 4.49. The Bertz CT molecular complexity index is 27.5. The maximum Gasteiger partial charge on any atom is 0.0591 e. The first-order chi connectivity index (χ1) is 4.00. The van der Waals surface area contributed by atoms with Crippen molar-refractivity contribution < 1.29 is 9.94 Å². The summed E-state index contributed by atoms with van der Waals surface area (Å²) >= 11 is 0. The molecule has 0 saturated carbocycles. The molecule has 4 N–H and O–H groups in total. The molecule has 0 atom stereocenters. The summed E-state index contributed by atoms with van der Waals surface area (Å²) in [4.78, 5) is 0. The first-order valence-corrected chi connectivity index (χ1v) is 2.54. The fourth-order valence-electron chi connectivity index (χ4n) is 0.516. The van der Waals surface area contributed by atoms with Crippen LogP contribution >= 0.6 is 0 Å². The van der Waals surface area contributed by atoms with Crippen molar-refractivity contribution in [2.45, 2.75) is 0 Å². The standard InChI is InChI=1S/C4H9NO.H3NO/c1-3-6-4-2-5-1;1-2/h5H,1-4H2;2H,1H2. The molecule has 0 spiro atoms. The van der Waals surface area contributed by atoms with Gasteiger partial charge in [-0.3, -0.25) is 0 Å². The van der Waals surface area contributed by atoms with Crippen LogP contribution in [0.3, 0.4) is 0 Å². The predicted octanol–water partition coefficient (Wildman–Crippen LogP) is -1.06. The molecule has 4 nitrogen and oxygen atoms in total. The van der Waals surface area contributed by atoms with Crippen LogP contribution < -0.4 is 11.2 Å². The van der Waals surface area contributed by atoms with Gasteiger partial charge in [0.05, 0.1) is 13.2 Å². The van der Waals surface area contributed by atoms with Crippen LogP contribution in [0.15, 0.2) is 0 Å². The van der Waals surface area contributed by atoms with E-state index in [1.54, 1.807) is 0 Å². The Morgan fingerprint density at radius 3 is 1.88 bits per heavy atom. The second-order valence-corrected chi connectivity index (χ2v) is 1.36. The van der Waals surface area contributed by atoms with E-state index < -0.39 is 0 Å². The van der Waals surface area contributed by atoms with E-state index in [2.05, 4.69) is 11.2 Å². The molecule has 1 heterocycles. The molecule has 1 aliphatic heterocycles. The van der Waals surface area contributed by atoms with Gasteiger partial charge in [0.25, 0.3) is 0 Å². The lowest BCUT2D eigenvalue weighted by Gasteiger charge is -2.10. The highest BCUT2D eigenvalue weighted by Gasteiger charge is 1.92. The Kier molecular flexibility index (Phi) is 6.70. The smallest absolute Gasteiger partial charge is 0.0591 e.